The monoisotopic (exact) mass is 627 g/mol. The van der Waals surface area contributed by atoms with Crippen molar-refractivity contribution in [2.45, 2.75) is 33.1 Å². The van der Waals surface area contributed by atoms with Crippen LogP contribution in [0.1, 0.15) is 41.4 Å². The van der Waals surface area contributed by atoms with Gasteiger partial charge in [0, 0.05) is 52.6 Å². The number of nitrogens with zero attached hydrogens (tertiary/aromatic N) is 5. The number of benzene rings is 2. The third-order valence-corrected chi connectivity index (χ3v) is 8.54. The molecular formula is C33H35F2N9O2. The van der Waals surface area contributed by atoms with E-state index in [0.717, 1.165) is 31.5 Å². The molecule has 2 aromatic carbocycles. The molecule has 1 fully saturated rings. The highest BCUT2D eigenvalue weighted by Gasteiger charge is 2.23. The second kappa shape index (κ2) is 13.1. The number of nitrogens with one attached hydrogen (secondary N) is 3. The Balaban J connectivity index is 1.17. The lowest BCUT2D eigenvalue weighted by molar-refractivity contribution is -0.119. The lowest BCUT2D eigenvalue weighted by atomic mass is 9.96. The van der Waals surface area contributed by atoms with Crippen molar-refractivity contribution in [3.63, 3.8) is 0 Å². The molecule has 13 heteroatoms. The number of primary amides is 1. The molecule has 6 rings (SSSR count). The number of anilines is 2. The molecule has 2 amide bonds. The maximum Gasteiger partial charge on any atom is 0.251 e. The first-order valence-corrected chi connectivity index (χ1v) is 15.2. The van der Waals surface area contributed by atoms with Gasteiger partial charge in [-0.05, 0) is 75.0 Å². The number of hydrogen-bond acceptors (Lipinski definition) is 7. The van der Waals surface area contributed by atoms with Crippen LogP contribution in [0, 0.1) is 24.5 Å². The number of H-pyrrole nitrogens is 1. The Labute approximate surface area is 264 Å². The first-order valence-electron chi connectivity index (χ1n) is 15.2. The summed E-state index contributed by atoms with van der Waals surface area (Å²) >= 11 is 0. The molecule has 238 valence electrons. The van der Waals surface area contributed by atoms with E-state index in [9.17, 15) is 9.59 Å². The highest BCUT2D eigenvalue weighted by atomic mass is 19.2. The van der Waals surface area contributed by atoms with Gasteiger partial charge >= 0.3 is 0 Å². The Morgan fingerprint density at radius 1 is 1.04 bits per heavy atom. The van der Waals surface area contributed by atoms with Crippen LogP contribution in [0.4, 0.5) is 20.3 Å². The minimum Gasteiger partial charge on any atom is -0.369 e. The molecule has 1 saturated heterocycles. The molecule has 1 aliphatic heterocycles. The number of piperidine rings is 1. The van der Waals surface area contributed by atoms with Crippen molar-refractivity contribution in [1.29, 1.82) is 0 Å². The minimum absolute atomic E-state index is 0.0619. The molecule has 5 aromatic rings. The van der Waals surface area contributed by atoms with Crippen LogP contribution in [0.5, 0.6) is 0 Å². The molecule has 0 unspecified atom stereocenters. The maximum absolute atomic E-state index is 15.4. The zero-order chi connectivity index (χ0) is 32.4. The van der Waals surface area contributed by atoms with Gasteiger partial charge in [0.15, 0.2) is 23.1 Å². The van der Waals surface area contributed by atoms with Gasteiger partial charge in [0.05, 0.1) is 24.6 Å². The molecular weight excluding hydrogens is 592 g/mol. The van der Waals surface area contributed by atoms with E-state index in [4.69, 9.17) is 5.73 Å². The van der Waals surface area contributed by atoms with Gasteiger partial charge in [-0.3, -0.25) is 24.0 Å². The van der Waals surface area contributed by atoms with Crippen molar-refractivity contribution < 1.29 is 18.4 Å². The quantitative estimate of drug-likeness (QED) is 0.177. The average molecular weight is 628 g/mol. The minimum atomic E-state index is -0.985. The summed E-state index contributed by atoms with van der Waals surface area (Å²) in [7, 11) is 0. The summed E-state index contributed by atoms with van der Waals surface area (Å²) in [4.78, 5) is 35.3. The van der Waals surface area contributed by atoms with E-state index in [0.29, 0.717) is 58.6 Å². The van der Waals surface area contributed by atoms with E-state index in [1.165, 1.54) is 24.5 Å². The summed E-state index contributed by atoms with van der Waals surface area (Å²) in [6.07, 6.45) is 8.56. The van der Waals surface area contributed by atoms with E-state index < -0.39 is 11.6 Å². The number of carbonyl (C=O) groups is 2. The Kier molecular flexibility index (Phi) is 8.75. The van der Waals surface area contributed by atoms with Gasteiger partial charge in [0.25, 0.3) is 5.91 Å². The van der Waals surface area contributed by atoms with Crippen LogP contribution in [0.25, 0.3) is 28.0 Å². The summed E-state index contributed by atoms with van der Waals surface area (Å²) < 4.78 is 32.3. The van der Waals surface area contributed by atoms with Crippen LogP contribution in [0.3, 0.4) is 0 Å². The van der Waals surface area contributed by atoms with Crippen LogP contribution in [-0.2, 0) is 11.2 Å². The SMILES string of the molecule is CCc1cc(Nc2nccn3c(-c4ccc(-c5cn[nH]c5C)c(F)c4F)cnc23)ccc1C(=O)NCC1CCN(CC(N)=O)CC1. The zero-order valence-corrected chi connectivity index (χ0v) is 25.6. The number of aromatic nitrogens is 5. The number of nitrogens with two attached hydrogens (primary N) is 1. The normalized spacial score (nSPS) is 14.1. The molecule has 0 radical (unpaired) electrons. The van der Waals surface area contributed by atoms with Crippen molar-refractivity contribution in [3.8, 4) is 22.4 Å². The van der Waals surface area contributed by atoms with Crippen molar-refractivity contribution in [2.75, 3.05) is 31.5 Å². The number of carbonyl (C=O) groups excluding carboxylic acids is 2. The van der Waals surface area contributed by atoms with Gasteiger partial charge < -0.3 is 16.4 Å². The average Bonchev–Trinajstić information content (AvgIpc) is 3.68. The topological polar surface area (TPSA) is 146 Å². The third-order valence-electron chi connectivity index (χ3n) is 8.54. The predicted molar refractivity (Wildman–Crippen MR) is 170 cm³/mol. The van der Waals surface area contributed by atoms with Crippen molar-refractivity contribution in [1.82, 2.24) is 34.8 Å². The number of imidazole rings is 1. The number of halogens is 2. The molecule has 4 heterocycles. The Bertz CT molecular complexity index is 1910. The van der Waals surface area contributed by atoms with Crippen molar-refractivity contribution >= 4 is 29.0 Å². The van der Waals surface area contributed by atoms with E-state index in [2.05, 4.69) is 30.8 Å². The van der Waals surface area contributed by atoms with E-state index >= 15 is 8.78 Å². The summed E-state index contributed by atoms with van der Waals surface area (Å²) in [6.45, 7) is 6.13. The Morgan fingerprint density at radius 2 is 1.80 bits per heavy atom. The fourth-order valence-corrected chi connectivity index (χ4v) is 6.01. The summed E-state index contributed by atoms with van der Waals surface area (Å²) in [5.74, 6) is -1.65. The summed E-state index contributed by atoms with van der Waals surface area (Å²) in [6, 6.07) is 8.55. The summed E-state index contributed by atoms with van der Waals surface area (Å²) in [5, 5.41) is 13.0. The first-order chi connectivity index (χ1) is 22.2. The van der Waals surface area contributed by atoms with Gasteiger partial charge in [-0.1, -0.05) is 13.0 Å². The molecule has 0 saturated carbocycles. The Morgan fingerprint density at radius 3 is 2.52 bits per heavy atom. The number of fused-ring (bicyclic) bond motifs is 1. The number of amides is 2. The standard InChI is InChI=1S/C33H35F2N9O2/c1-3-21-14-22(4-5-23(21)33(46)39-15-20-8-11-43(12-9-20)18-28(36)45)41-31-32-38-17-27(44(32)13-10-37-31)25-7-6-24(29(34)30(25)35)26-16-40-42-19(26)2/h4-7,10,13-14,16-17,20H,3,8-9,11-12,15,18H2,1-2H3,(H2,36,45)(H,37,41)(H,39,46)(H,40,42). The van der Waals surface area contributed by atoms with Crippen molar-refractivity contribution in [2.24, 2.45) is 11.7 Å². The fraction of sp³-hybridized carbons (Fsp3) is 0.303. The van der Waals surface area contributed by atoms with E-state index in [1.54, 1.807) is 35.9 Å². The van der Waals surface area contributed by atoms with Crippen molar-refractivity contribution in [3.05, 3.63) is 83.6 Å². The molecule has 0 spiro atoms. The zero-order valence-electron chi connectivity index (χ0n) is 25.6. The van der Waals surface area contributed by atoms with Gasteiger partial charge in [-0.2, -0.15) is 5.10 Å². The van der Waals surface area contributed by atoms with Crippen LogP contribution < -0.4 is 16.4 Å². The second-order valence-electron chi connectivity index (χ2n) is 11.6. The van der Waals surface area contributed by atoms with Gasteiger partial charge in [0.2, 0.25) is 5.91 Å². The van der Waals surface area contributed by atoms with Crippen LogP contribution in [0.15, 0.2) is 55.1 Å². The van der Waals surface area contributed by atoms with Gasteiger partial charge in [0.1, 0.15) is 0 Å². The predicted octanol–water partition coefficient (Wildman–Crippen LogP) is 4.61. The summed E-state index contributed by atoms with van der Waals surface area (Å²) in [5.41, 5.74) is 9.57. The maximum atomic E-state index is 15.4. The lowest BCUT2D eigenvalue weighted by Crippen LogP contribution is -2.42. The molecule has 46 heavy (non-hydrogen) atoms. The van der Waals surface area contributed by atoms with Gasteiger partial charge in [-0.15, -0.1) is 0 Å². The molecule has 3 aromatic heterocycles. The molecule has 0 aliphatic carbocycles. The number of aromatic amines is 1. The van der Waals surface area contributed by atoms with E-state index in [1.807, 2.05) is 17.9 Å². The lowest BCUT2D eigenvalue weighted by Gasteiger charge is -2.31. The molecule has 5 N–H and O–H groups in total. The largest absolute Gasteiger partial charge is 0.369 e. The molecule has 0 atom stereocenters. The van der Waals surface area contributed by atoms with Crippen LogP contribution >= 0.6 is 0 Å². The highest BCUT2D eigenvalue weighted by Crippen LogP contribution is 2.33. The Hall–Kier alpha value is -5.17. The van der Waals surface area contributed by atoms with E-state index in [-0.39, 0.29) is 29.5 Å². The molecule has 11 nitrogen and oxygen atoms in total. The first kappa shape index (κ1) is 30.8. The number of rotatable bonds is 10. The second-order valence-corrected chi connectivity index (χ2v) is 11.6. The number of aryl methyl sites for hydroxylation is 2. The molecule has 0 bridgehead atoms. The van der Waals surface area contributed by atoms with Crippen LogP contribution in [-0.4, -0.2) is 67.5 Å². The number of hydrogen-bond donors (Lipinski definition) is 4. The third kappa shape index (κ3) is 6.18. The van der Waals surface area contributed by atoms with Gasteiger partial charge in [-0.25, -0.2) is 18.7 Å². The van der Waals surface area contributed by atoms with Crippen LogP contribution in [0.2, 0.25) is 0 Å². The highest BCUT2D eigenvalue weighted by molar-refractivity contribution is 5.96. The number of likely N-dealkylation sites (tertiary alicyclic amines) is 1. The molecule has 1 aliphatic rings. The fourth-order valence-electron chi connectivity index (χ4n) is 6.01. The smallest absolute Gasteiger partial charge is 0.251 e.